The van der Waals surface area contributed by atoms with Crippen LogP contribution in [0.5, 0.6) is 0 Å². The molecule has 0 aliphatic carbocycles. The van der Waals surface area contributed by atoms with E-state index in [-0.39, 0.29) is 12.8 Å². The van der Waals surface area contributed by atoms with Crippen molar-refractivity contribution in [1.82, 2.24) is 0 Å². The monoisotopic (exact) mass is 386 g/mol. The Kier molecular flexibility index (Phi) is 7.21. The maximum atomic E-state index is 12.5. The molecule has 0 saturated carbocycles. The van der Waals surface area contributed by atoms with Gasteiger partial charge < -0.3 is 20.4 Å². The molecule has 2 aromatic carbocycles. The van der Waals surface area contributed by atoms with Crippen molar-refractivity contribution >= 4 is 11.6 Å². The van der Waals surface area contributed by atoms with E-state index in [1.807, 2.05) is 19.1 Å². The van der Waals surface area contributed by atoms with Crippen LogP contribution in [0, 0.1) is 6.92 Å². The Morgan fingerprint density at radius 1 is 0.857 bits per heavy atom. The molecule has 4 atom stereocenters. The van der Waals surface area contributed by atoms with Crippen LogP contribution in [0.3, 0.4) is 0 Å². The summed E-state index contributed by atoms with van der Waals surface area (Å²) >= 11 is 0. The Hall–Kier alpha value is -2.38. The minimum absolute atomic E-state index is 0.0238. The molecule has 2 unspecified atom stereocenters. The van der Waals surface area contributed by atoms with E-state index in [2.05, 4.69) is 0 Å². The lowest BCUT2D eigenvalue weighted by Crippen LogP contribution is -2.55. The Morgan fingerprint density at radius 3 is 1.96 bits per heavy atom. The first-order chi connectivity index (χ1) is 13.1. The topological polar surface area (TPSA) is 115 Å². The molecule has 0 aliphatic heterocycles. The minimum Gasteiger partial charge on any atom is -0.390 e. The number of rotatable bonds is 9. The highest BCUT2D eigenvalue weighted by Gasteiger charge is 2.46. The number of hydrogen-bond donors (Lipinski definition) is 4. The van der Waals surface area contributed by atoms with Crippen LogP contribution >= 0.6 is 0 Å². The average molecular weight is 386 g/mol. The van der Waals surface area contributed by atoms with Crippen LogP contribution in [0.25, 0.3) is 0 Å². The summed E-state index contributed by atoms with van der Waals surface area (Å²) in [5.41, 5.74) is -0.246. The highest BCUT2D eigenvalue weighted by Crippen LogP contribution is 2.18. The molecule has 6 nitrogen and oxygen atoms in total. The Labute approximate surface area is 164 Å². The van der Waals surface area contributed by atoms with Gasteiger partial charge in [-0.1, -0.05) is 60.2 Å². The van der Waals surface area contributed by atoms with Crippen molar-refractivity contribution in [1.29, 1.82) is 0 Å². The van der Waals surface area contributed by atoms with Gasteiger partial charge in [-0.2, -0.15) is 0 Å². The van der Waals surface area contributed by atoms with Crippen molar-refractivity contribution in [2.75, 3.05) is 0 Å². The summed E-state index contributed by atoms with van der Waals surface area (Å²) in [6.45, 7) is 2.83. The van der Waals surface area contributed by atoms with E-state index >= 15 is 0 Å². The van der Waals surface area contributed by atoms with E-state index in [4.69, 9.17) is 0 Å². The number of aliphatic hydroxyl groups excluding tert-OH is 3. The first kappa shape index (κ1) is 21.9. The lowest BCUT2D eigenvalue weighted by Gasteiger charge is -2.27. The molecule has 0 spiro atoms. The van der Waals surface area contributed by atoms with Gasteiger partial charge in [0.05, 0.1) is 6.10 Å². The van der Waals surface area contributed by atoms with Gasteiger partial charge in [0.25, 0.3) is 0 Å². The predicted octanol–water partition coefficient (Wildman–Crippen LogP) is 0.752. The minimum atomic E-state index is -2.62. The number of carbonyl (C=O) groups is 2. The van der Waals surface area contributed by atoms with E-state index in [0.29, 0.717) is 11.1 Å². The first-order valence-corrected chi connectivity index (χ1v) is 9.07. The zero-order valence-electron chi connectivity index (χ0n) is 15.9. The normalized spacial score (nSPS) is 16.6. The van der Waals surface area contributed by atoms with Crippen LogP contribution in [0.1, 0.15) is 23.6 Å². The molecular formula is C22H26O6. The molecule has 0 saturated heterocycles. The fourth-order valence-corrected chi connectivity index (χ4v) is 2.92. The molecule has 2 rings (SSSR count). The predicted molar refractivity (Wildman–Crippen MR) is 104 cm³/mol. The number of benzene rings is 2. The zero-order chi connectivity index (χ0) is 20.9. The van der Waals surface area contributed by atoms with Crippen molar-refractivity contribution in [3.05, 3.63) is 71.3 Å². The molecular weight excluding hydrogens is 360 g/mol. The molecule has 28 heavy (non-hydrogen) atoms. The van der Waals surface area contributed by atoms with Crippen LogP contribution in [0.15, 0.2) is 54.6 Å². The van der Waals surface area contributed by atoms with Crippen molar-refractivity contribution in [3.8, 4) is 0 Å². The molecule has 0 amide bonds. The average Bonchev–Trinajstić information content (AvgIpc) is 2.68. The van der Waals surface area contributed by atoms with Crippen LogP contribution < -0.4 is 0 Å². The number of Topliss-reactive ketones (excluding diaryl/α,β-unsaturated/α-hetero) is 2. The van der Waals surface area contributed by atoms with Gasteiger partial charge in [-0.05, 0) is 25.0 Å². The second-order valence-corrected chi connectivity index (χ2v) is 7.21. The molecule has 0 aromatic heterocycles. The third kappa shape index (κ3) is 5.33. The molecule has 0 heterocycles. The van der Waals surface area contributed by atoms with Gasteiger partial charge in [0.1, 0.15) is 12.2 Å². The van der Waals surface area contributed by atoms with E-state index < -0.39 is 35.5 Å². The zero-order valence-corrected chi connectivity index (χ0v) is 15.9. The Bertz CT molecular complexity index is 798. The van der Waals surface area contributed by atoms with Crippen LogP contribution in [-0.4, -0.2) is 55.9 Å². The molecule has 6 heteroatoms. The van der Waals surface area contributed by atoms with Gasteiger partial charge in [0.15, 0.2) is 11.4 Å². The summed E-state index contributed by atoms with van der Waals surface area (Å²) < 4.78 is 0. The number of aliphatic hydroxyl groups is 4. The number of hydrogen-bond acceptors (Lipinski definition) is 6. The molecule has 0 bridgehead atoms. The summed E-state index contributed by atoms with van der Waals surface area (Å²) in [6.07, 6.45) is -5.19. The van der Waals surface area contributed by atoms with E-state index in [1.54, 1.807) is 42.5 Å². The van der Waals surface area contributed by atoms with Crippen LogP contribution in [-0.2, 0) is 22.4 Å². The maximum Gasteiger partial charge on any atom is 0.202 e. The van der Waals surface area contributed by atoms with Crippen molar-refractivity contribution in [3.63, 3.8) is 0 Å². The molecule has 0 radical (unpaired) electrons. The van der Waals surface area contributed by atoms with E-state index in [1.165, 1.54) is 0 Å². The number of carbonyl (C=O) groups excluding carboxylic acids is 2. The quantitative estimate of drug-likeness (QED) is 0.473. The third-order valence-electron chi connectivity index (χ3n) is 4.73. The lowest BCUT2D eigenvalue weighted by molar-refractivity contribution is -0.162. The van der Waals surface area contributed by atoms with Crippen LogP contribution in [0.4, 0.5) is 0 Å². The summed E-state index contributed by atoms with van der Waals surface area (Å²) in [6, 6.07) is 15.8. The van der Waals surface area contributed by atoms with E-state index in [9.17, 15) is 30.0 Å². The summed E-state index contributed by atoms with van der Waals surface area (Å²) in [5.74, 6) is -2.37. The fraction of sp³-hybridized carbons (Fsp3) is 0.364. The van der Waals surface area contributed by atoms with Gasteiger partial charge in [0.2, 0.25) is 5.78 Å². The highest BCUT2D eigenvalue weighted by atomic mass is 16.4. The first-order valence-electron chi connectivity index (χ1n) is 9.07. The maximum absolute atomic E-state index is 12.5. The van der Waals surface area contributed by atoms with Gasteiger partial charge in [-0.25, -0.2) is 0 Å². The molecule has 0 fully saturated rings. The molecule has 4 N–H and O–H groups in total. The molecule has 150 valence electrons. The molecule has 2 aromatic rings. The number of ketones is 2. The van der Waals surface area contributed by atoms with E-state index in [0.717, 1.165) is 12.5 Å². The van der Waals surface area contributed by atoms with Crippen molar-refractivity contribution in [2.45, 2.75) is 50.6 Å². The largest absolute Gasteiger partial charge is 0.390 e. The van der Waals surface area contributed by atoms with Crippen LogP contribution in [0.2, 0.25) is 0 Å². The summed E-state index contributed by atoms with van der Waals surface area (Å²) in [5, 5.41) is 40.9. The van der Waals surface area contributed by atoms with Gasteiger partial charge in [0, 0.05) is 12.8 Å². The third-order valence-corrected chi connectivity index (χ3v) is 4.73. The SMILES string of the molecule is Cc1ccc(CC(O)[C@H](O)C(=O)[C@](C)(O)C(=O)C(O)Cc2ccccc2)cc1. The Balaban J connectivity index is 2.04. The number of aryl methyl sites for hydroxylation is 1. The van der Waals surface area contributed by atoms with Gasteiger partial charge in [-0.15, -0.1) is 0 Å². The van der Waals surface area contributed by atoms with Gasteiger partial charge >= 0.3 is 0 Å². The van der Waals surface area contributed by atoms with Crippen molar-refractivity contribution in [2.24, 2.45) is 0 Å². The Morgan fingerprint density at radius 2 is 1.39 bits per heavy atom. The lowest BCUT2D eigenvalue weighted by atomic mass is 9.85. The second kappa shape index (κ2) is 9.21. The fourth-order valence-electron chi connectivity index (χ4n) is 2.92. The smallest absolute Gasteiger partial charge is 0.202 e. The second-order valence-electron chi connectivity index (χ2n) is 7.21. The highest BCUT2D eigenvalue weighted by molar-refractivity contribution is 6.13. The molecule has 0 aliphatic rings. The summed E-state index contributed by atoms with van der Waals surface area (Å²) in [4.78, 5) is 24.9. The van der Waals surface area contributed by atoms with Crippen molar-refractivity contribution < 1.29 is 30.0 Å². The standard InChI is InChI=1S/C22H26O6/c1-14-8-10-16(11-9-14)12-17(23)19(25)21(27)22(2,28)20(26)18(24)13-15-6-4-3-5-7-15/h3-11,17-19,23-25,28H,12-13H2,1-2H3/t17?,18?,19-,22+/m0/s1. The van der Waals surface area contributed by atoms with Gasteiger partial charge in [-0.3, -0.25) is 9.59 Å². The summed E-state index contributed by atoms with van der Waals surface area (Å²) in [7, 11) is 0.